The second-order valence-electron chi connectivity index (χ2n) is 7.21. The Balaban J connectivity index is 1.61. The number of benzene rings is 2. The van der Waals surface area contributed by atoms with E-state index in [1.54, 1.807) is 12.3 Å². The standard InChI is InChI=1S/C22H17Cl2FN4O3S/c1-12-7-8-26-13(9-12)10-28-22(30)14-3-2-4-18(20(14)25)33(31,32)29-17-6-5-15(23)19-16(24)11-27-21(17)19/h2-9,11,27,29H,10H2,1H3,(H,28,30). The lowest BCUT2D eigenvalue weighted by molar-refractivity contribution is 0.0946. The van der Waals surface area contributed by atoms with Crippen LogP contribution in [0.1, 0.15) is 21.6 Å². The number of anilines is 1. The molecule has 0 saturated heterocycles. The van der Waals surface area contributed by atoms with Crippen molar-refractivity contribution in [2.24, 2.45) is 0 Å². The Hall–Kier alpha value is -3.14. The van der Waals surface area contributed by atoms with Gasteiger partial charge in [-0.05, 0) is 48.9 Å². The summed E-state index contributed by atoms with van der Waals surface area (Å²) < 4.78 is 43.4. The van der Waals surface area contributed by atoms with E-state index in [0.29, 0.717) is 26.6 Å². The van der Waals surface area contributed by atoms with E-state index in [4.69, 9.17) is 23.2 Å². The van der Waals surface area contributed by atoms with Gasteiger partial charge in [0.2, 0.25) is 0 Å². The Morgan fingerprint density at radius 2 is 1.94 bits per heavy atom. The van der Waals surface area contributed by atoms with Gasteiger partial charge in [-0.3, -0.25) is 14.5 Å². The van der Waals surface area contributed by atoms with E-state index in [-0.39, 0.29) is 12.2 Å². The molecule has 3 N–H and O–H groups in total. The summed E-state index contributed by atoms with van der Waals surface area (Å²) in [4.78, 5) is 18.8. The molecule has 0 aliphatic rings. The van der Waals surface area contributed by atoms with E-state index in [2.05, 4.69) is 20.0 Å². The average Bonchev–Trinajstić information content (AvgIpc) is 3.17. The molecule has 1 amide bonds. The summed E-state index contributed by atoms with van der Waals surface area (Å²) in [5.41, 5.74) is 1.61. The van der Waals surface area contributed by atoms with Crippen molar-refractivity contribution in [3.05, 3.63) is 87.5 Å². The monoisotopic (exact) mass is 506 g/mol. The lowest BCUT2D eigenvalue weighted by Crippen LogP contribution is -2.25. The van der Waals surface area contributed by atoms with Gasteiger partial charge in [-0.15, -0.1) is 0 Å². The summed E-state index contributed by atoms with van der Waals surface area (Å²) >= 11 is 12.2. The molecular formula is C22H17Cl2FN4O3S. The fourth-order valence-corrected chi connectivity index (χ4v) is 5.04. The van der Waals surface area contributed by atoms with E-state index >= 15 is 4.39 Å². The van der Waals surface area contributed by atoms with Crippen LogP contribution in [0.2, 0.25) is 10.0 Å². The van der Waals surface area contributed by atoms with E-state index in [9.17, 15) is 13.2 Å². The third kappa shape index (κ3) is 4.66. The van der Waals surface area contributed by atoms with Crippen LogP contribution in [0.5, 0.6) is 0 Å². The largest absolute Gasteiger partial charge is 0.358 e. The van der Waals surface area contributed by atoms with Crippen molar-refractivity contribution in [3.8, 4) is 0 Å². The first-order valence-corrected chi connectivity index (χ1v) is 11.9. The lowest BCUT2D eigenvalue weighted by atomic mass is 10.2. The molecule has 11 heteroatoms. The number of aromatic amines is 1. The number of carbonyl (C=O) groups excluding carboxylic acids is 1. The summed E-state index contributed by atoms with van der Waals surface area (Å²) in [5.74, 6) is -1.94. The summed E-state index contributed by atoms with van der Waals surface area (Å²) in [6.45, 7) is 1.94. The van der Waals surface area contributed by atoms with Crippen molar-refractivity contribution in [2.45, 2.75) is 18.4 Å². The van der Waals surface area contributed by atoms with Gasteiger partial charge in [0, 0.05) is 17.8 Å². The van der Waals surface area contributed by atoms with Gasteiger partial charge in [-0.1, -0.05) is 29.3 Å². The van der Waals surface area contributed by atoms with Crippen LogP contribution in [0.15, 0.2) is 59.8 Å². The molecule has 0 aliphatic heterocycles. The van der Waals surface area contributed by atoms with Gasteiger partial charge in [-0.2, -0.15) is 0 Å². The van der Waals surface area contributed by atoms with Crippen molar-refractivity contribution in [3.63, 3.8) is 0 Å². The Labute approximate surface area is 199 Å². The zero-order valence-corrected chi connectivity index (χ0v) is 19.4. The van der Waals surface area contributed by atoms with Gasteiger partial charge in [0.05, 0.1) is 39.1 Å². The molecule has 0 atom stereocenters. The van der Waals surface area contributed by atoms with Crippen molar-refractivity contribution in [2.75, 3.05) is 4.72 Å². The molecule has 0 radical (unpaired) electrons. The predicted molar refractivity (Wildman–Crippen MR) is 126 cm³/mol. The molecule has 0 unspecified atom stereocenters. The first-order valence-electron chi connectivity index (χ1n) is 9.63. The Kier molecular flexibility index (Phi) is 6.29. The van der Waals surface area contributed by atoms with E-state index in [0.717, 1.165) is 11.6 Å². The topological polar surface area (TPSA) is 104 Å². The lowest BCUT2D eigenvalue weighted by Gasteiger charge is -2.12. The number of nitrogens with one attached hydrogen (secondary N) is 3. The number of hydrogen-bond acceptors (Lipinski definition) is 4. The molecule has 170 valence electrons. The normalized spacial score (nSPS) is 11.5. The number of rotatable bonds is 6. The maximum absolute atomic E-state index is 15.1. The molecule has 4 aromatic rings. The number of aryl methyl sites for hydroxylation is 1. The van der Waals surface area contributed by atoms with Crippen LogP contribution in [-0.4, -0.2) is 24.3 Å². The fourth-order valence-electron chi connectivity index (χ4n) is 3.31. The predicted octanol–water partition coefficient (Wildman–Crippen LogP) is 5.05. The molecule has 33 heavy (non-hydrogen) atoms. The Bertz CT molecular complexity index is 1490. The molecule has 0 spiro atoms. The van der Waals surface area contributed by atoms with E-state index in [1.165, 1.54) is 30.5 Å². The molecule has 0 fully saturated rings. The molecule has 0 bridgehead atoms. The first kappa shape index (κ1) is 23.0. The van der Waals surface area contributed by atoms with Gasteiger partial charge < -0.3 is 10.3 Å². The molecule has 0 saturated carbocycles. The first-order chi connectivity index (χ1) is 15.7. The maximum atomic E-state index is 15.1. The van der Waals surface area contributed by atoms with Gasteiger partial charge in [0.25, 0.3) is 15.9 Å². The van der Waals surface area contributed by atoms with E-state index < -0.39 is 32.2 Å². The summed E-state index contributed by atoms with van der Waals surface area (Å²) in [6, 6.07) is 10.1. The minimum atomic E-state index is -4.39. The Morgan fingerprint density at radius 1 is 1.15 bits per heavy atom. The summed E-state index contributed by atoms with van der Waals surface area (Å²) in [7, 11) is -4.39. The number of hydrogen-bond donors (Lipinski definition) is 3. The number of fused-ring (bicyclic) bond motifs is 1. The highest BCUT2D eigenvalue weighted by Crippen LogP contribution is 2.35. The van der Waals surface area contributed by atoms with Crippen LogP contribution in [0, 0.1) is 12.7 Å². The van der Waals surface area contributed by atoms with E-state index in [1.807, 2.05) is 13.0 Å². The van der Waals surface area contributed by atoms with Gasteiger partial charge in [0.1, 0.15) is 4.90 Å². The van der Waals surface area contributed by atoms with Crippen LogP contribution >= 0.6 is 23.2 Å². The summed E-state index contributed by atoms with van der Waals surface area (Å²) in [5, 5.41) is 3.62. The molecular weight excluding hydrogens is 490 g/mol. The SMILES string of the molecule is Cc1ccnc(CNC(=O)c2cccc(S(=O)(=O)Nc3ccc(Cl)c4c(Cl)c[nH]c34)c2F)c1. The average molecular weight is 507 g/mol. The summed E-state index contributed by atoms with van der Waals surface area (Å²) in [6.07, 6.45) is 3.06. The van der Waals surface area contributed by atoms with Crippen molar-refractivity contribution in [1.82, 2.24) is 15.3 Å². The van der Waals surface area contributed by atoms with Crippen LogP contribution in [-0.2, 0) is 16.6 Å². The number of carbonyl (C=O) groups is 1. The minimum Gasteiger partial charge on any atom is -0.358 e. The molecule has 2 heterocycles. The van der Waals surface area contributed by atoms with Gasteiger partial charge >= 0.3 is 0 Å². The molecule has 2 aromatic carbocycles. The Morgan fingerprint density at radius 3 is 2.70 bits per heavy atom. The molecule has 0 aliphatic carbocycles. The minimum absolute atomic E-state index is 0.0610. The third-order valence-electron chi connectivity index (χ3n) is 4.88. The molecule has 2 aromatic heterocycles. The number of halogens is 3. The number of pyridine rings is 1. The maximum Gasteiger partial charge on any atom is 0.264 e. The highest BCUT2D eigenvalue weighted by atomic mass is 35.5. The number of aromatic nitrogens is 2. The van der Waals surface area contributed by atoms with Crippen molar-refractivity contribution >= 4 is 55.7 Å². The second kappa shape index (κ2) is 9.01. The van der Waals surface area contributed by atoms with Crippen molar-refractivity contribution < 1.29 is 17.6 Å². The number of amides is 1. The highest BCUT2D eigenvalue weighted by molar-refractivity contribution is 7.92. The fraction of sp³-hybridized carbons (Fsp3) is 0.0909. The number of nitrogens with zero attached hydrogens (tertiary/aromatic N) is 1. The van der Waals surface area contributed by atoms with Crippen LogP contribution in [0.3, 0.4) is 0 Å². The zero-order chi connectivity index (χ0) is 23.8. The van der Waals surface area contributed by atoms with Crippen LogP contribution in [0.25, 0.3) is 10.9 Å². The number of sulfonamides is 1. The highest BCUT2D eigenvalue weighted by Gasteiger charge is 2.25. The second-order valence-corrected chi connectivity index (χ2v) is 9.68. The van der Waals surface area contributed by atoms with Crippen LogP contribution in [0.4, 0.5) is 10.1 Å². The quantitative estimate of drug-likeness (QED) is 0.340. The van der Waals surface area contributed by atoms with Crippen molar-refractivity contribution in [1.29, 1.82) is 0 Å². The molecule has 7 nitrogen and oxygen atoms in total. The molecule has 4 rings (SSSR count). The number of H-pyrrole nitrogens is 1. The third-order valence-corrected chi connectivity index (χ3v) is 6.88. The van der Waals surface area contributed by atoms with Gasteiger partial charge in [-0.25, -0.2) is 12.8 Å². The van der Waals surface area contributed by atoms with Crippen LogP contribution < -0.4 is 10.0 Å². The van der Waals surface area contributed by atoms with Gasteiger partial charge in [0.15, 0.2) is 5.82 Å². The smallest absolute Gasteiger partial charge is 0.264 e. The zero-order valence-electron chi connectivity index (χ0n) is 17.1.